The van der Waals surface area contributed by atoms with Crippen molar-refractivity contribution in [3.8, 4) is 0 Å². The van der Waals surface area contributed by atoms with Gasteiger partial charge in [0.2, 0.25) is 0 Å². The topological polar surface area (TPSA) is 53.1 Å². The zero-order chi connectivity index (χ0) is 15.1. The molecule has 1 aromatic heterocycles. The van der Waals surface area contributed by atoms with Crippen molar-refractivity contribution in [3.63, 3.8) is 0 Å². The highest BCUT2D eigenvalue weighted by Gasteiger charge is 2.27. The minimum Gasteiger partial charge on any atom is -0.370 e. The zero-order valence-electron chi connectivity index (χ0n) is 13.7. The van der Waals surface area contributed by atoms with Crippen LogP contribution in [-0.4, -0.2) is 47.6 Å². The SMILES string of the molecule is CCNc1cc(NCCCN(CC)CC)nc(C2CC2)n1. The van der Waals surface area contributed by atoms with Crippen LogP contribution < -0.4 is 10.6 Å². The van der Waals surface area contributed by atoms with Gasteiger partial charge in [-0.05, 0) is 45.8 Å². The van der Waals surface area contributed by atoms with Gasteiger partial charge in [-0.15, -0.1) is 0 Å². The summed E-state index contributed by atoms with van der Waals surface area (Å²) in [6.07, 6.45) is 3.61. The van der Waals surface area contributed by atoms with E-state index in [2.05, 4.69) is 46.3 Å². The highest BCUT2D eigenvalue weighted by molar-refractivity contribution is 5.48. The van der Waals surface area contributed by atoms with E-state index in [1.807, 2.05) is 6.07 Å². The van der Waals surface area contributed by atoms with Gasteiger partial charge in [-0.3, -0.25) is 0 Å². The van der Waals surface area contributed by atoms with Crippen LogP contribution in [0.15, 0.2) is 6.07 Å². The first-order valence-electron chi connectivity index (χ1n) is 8.35. The Bertz CT molecular complexity index is 427. The molecule has 0 atom stereocenters. The lowest BCUT2D eigenvalue weighted by molar-refractivity contribution is 0.303. The van der Waals surface area contributed by atoms with Crippen LogP contribution in [-0.2, 0) is 0 Å². The van der Waals surface area contributed by atoms with Gasteiger partial charge in [0.05, 0.1) is 0 Å². The Hall–Kier alpha value is -1.36. The molecule has 0 unspecified atom stereocenters. The van der Waals surface area contributed by atoms with Gasteiger partial charge in [0, 0.05) is 25.1 Å². The standard InChI is InChI=1S/C16H29N5/c1-4-17-14-12-15(20-16(19-14)13-8-9-13)18-10-7-11-21(5-2)6-3/h12-13H,4-11H2,1-3H3,(H2,17,18,19,20). The van der Waals surface area contributed by atoms with E-state index in [1.165, 1.54) is 12.8 Å². The molecule has 1 fully saturated rings. The Labute approximate surface area is 128 Å². The van der Waals surface area contributed by atoms with E-state index >= 15 is 0 Å². The van der Waals surface area contributed by atoms with Gasteiger partial charge in [-0.25, -0.2) is 9.97 Å². The van der Waals surface area contributed by atoms with Crippen molar-refractivity contribution >= 4 is 11.6 Å². The third-order valence-electron chi connectivity index (χ3n) is 3.90. The van der Waals surface area contributed by atoms with E-state index in [-0.39, 0.29) is 0 Å². The first-order valence-corrected chi connectivity index (χ1v) is 8.35. The van der Waals surface area contributed by atoms with E-state index in [0.717, 1.165) is 56.6 Å². The third-order valence-corrected chi connectivity index (χ3v) is 3.90. The molecule has 2 rings (SSSR count). The molecule has 1 aliphatic carbocycles. The lowest BCUT2D eigenvalue weighted by atomic mass is 10.3. The summed E-state index contributed by atoms with van der Waals surface area (Å²) in [4.78, 5) is 11.7. The van der Waals surface area contributed by atoms with Gasteiger partial charge >= 0.3 is 0 Å². The van der Waals surface area contributed by atoms with Crippen LogP contribution in [0.3, 0.4) is 0 Å². The number of nitrogens with zero attached hydrogens (tertiary/aromatic N) is 3. The van der Waals surface area contributed by atoms with Crippen molar-refractivity contribution in [1.29, 1.82) is 0 Å². The molecule has 0 saturated heterocycles. The highest BCUT2D eigenvalue weighted by atomic mass is 15.1. The molecule has 1 heterocycles. The fraction of sp³-hybridized carbons (Fsp3) is 0.750. The van der Waals surface area contributed by atoms with E-state index < -0.39 is 0 Å². The lowest BCUT2D eigenvalue weighted by Gasteiger charge is -2.18. The number of hydrogen-bond acceptors (Lipinski definition) is 5. The van der Waals surface area contributed by atoms with Crippen LogP contribution in [0, 0.1) is 0 Å². The highest BCUT2D eigenvalue weighted by Crippen LogP contribution is 2.38. The summed E-state index contributed by atoms with van der Waals surface area (Å²) >= 11 is 0. The molecule has 0 amide bonds. The van der Waals surface area contributed by atoms with Crippen molar-refractivity contribution in [1.82, 2.24) is 14.9 Å². The molecule has 2 N–H and O–H groups in total. The fourth-order valence-electron chi connectivity index (χ4n) is 2.41. The Morgan fingerprint density at radius 1 is 1.10 bits per heavy atom. The van der Waals surface area contributed by atoms with E-state index in [1.54, 1.807) is 0 Å². The second kappa shape index (κ2) is 8.17. The van der Waals surface area contributed by atoms with Gasteiger partial charge in [0.1, 0.15) is 17.5 Å². The maximum absolute atomic E-state index is 4.66. The number of rotatable bonds is 10. The number of aromatic nitrogens is 2. The Morgan fingerprint density at radius 2 is 1.76 bits per heavy atom. The molecule has 21 heavy (non-hydrogen) atoms. The maximum atomic E-state index is 4.66. The van der Waals surface area contributed by atoms with Crippen LogP contribution in [0.1, 0.15) is 51.8 Å². The van der Waals surface area contributed by atoms with Crippen LogP contribution >= 0.6 is 0 Å². The molecule has 0 aromatic carbocycles. The molecule has 118 valence electrons. The molecule has 5 heteroatoms. The molecule has 0 bridgehead atoms. The second-order valence-electron chi connectivity index (χ2n) is 5.61. The van der Waals surface area contributed by atoms with Crippen LogP contribution in [0.4, 0.5) is 11.6 Å². The third kappa shape index (κ3) is 5.16. The van der Waals surface area contributed by atoms with E-state index in [9.17, 15) is 0 Å². The summed E-state index contributed by atoms with van der Waals surface area (Å²) in [5.74, 6) is 3.49. The zero-order valence-corrected chi connectivity index (χ0v) is 13.7. The number of nitrogens with one attached hydrogen (secondary N) is 2. The summed E-state index contributed by atoms with van der Waals surface area (Å²) in [5, 5.41) is 6.75. The lowest BCUT2D eigenvalue weighted by Crippen LogP contribution is -2.25. The first-order chi connectivity index (χ1) is 10.3. The number of anilines is 2. The average Bonchev–Trinajstić information content (AvgIpc) is 3.32. The normalized spacial score (nSPS) is 14.5. The quantitative estimate of drug-likeness (QED) is 0.649. The molecular weight excluding hydrogens is 262 g/mol. The van der Waals surface area contributed by atoms with Gasteiger partial charge < -0.3 is 15.5 Å². The summed E-state index contributed by atoms with van der Waals surface area (Å²) in [5.41, 5.74) is 0. The van der Waals surface area contributed by atoms with Crippen molar-refractivity contribution in [2.24, 2.45) is 0 Å². The largest absolute Gasteiger partial charge is 0.370 e. The first kappa shape index (κ1) is 16.0. The molecular formula is C16H29N5. The van der Waals surface area contributed by atoms with E-state index in [0.29, 0.717) is 5.92 Å². The Kier molecular flexibility index (Phi) is 6.23. The Balaban J connectivity index is 1.86. The smallest absolute Gasteiger partial charge is 0.136 e. The van der Waals surface area contributed by atoms with Crippen molar-refractivity contribution in [2.45, 2.75) is 46.0 Å². The monoisotopic (exact) mass is 291 g/mol. The van der Waals surface area contributed by atoms with E-state index in [4.69, 9.17) is 0 Å². The number of hydrogen-bond donors (Lipinski definition) is 2. The molecule has 0 spiro atoms. The molecule has 0 aliphatic heterocycles. The summed E-state index contributed by atoms with van der Waals surface area (Å²) < 4.78 is 0. The molecule has 1 aliphatic rings. The minimum absolute atomic E-state index is 0.583. The maximum Gasteiger partial charge on any atom is 0.136 e. The van der Waals surface area contributed by atoms with Crippen molar-refractivity contribution in [3.05, 3.63) is 11.9 Å². The van der Waals surface area contributed by atoms with Gasteiger partial charge in [0.25, 0.3) is 0 Å². The Morgan fingerprint density at radius 3 is 2.33 bits per heavy atom. The van der Waals surface area contributed by atoms with Crippen molar-refractivity contribution in [2.75, 3.05) is 43.4 Å². The van der Waals surface area contributed by atoms with Crippen molar-refractivity contribution < 1.29 is 0 Å². The predicted octanol–water partition coefficient (Wildman–Crippen LogP) is 2.93. The minimum atomic E-state index is 0.583. The van der Waals surface area contributed by atoms with Gasteiger partial charge in [-0.1, -0.05) is 13.8 Å². The van der Waals surface area contributed by atoms with Gasteiger partial charge in [0.15, 0.2) is 0 Å². The second-order valence-corrected chi connectivity index (χ2v) is 5.61. The molecule has 5 nitrogen and oxygen atoms in total. The summed E-state index contributed by atoms with van der Waals surface area (Å²) in [7, 11) is 0. The van der Waals surface area contributed by atoms with Crippen LogP contribution in [0.25, 0.3) is 0 Å². The molecule has 0 radical (unpaired) electrons. The van der Waals surface area contributed by atoms with Gasteiger partial charge in [-0.2, -0.15) is 0 Å². The summed E-state index contributed by atoms with van der Waals surface area (Å²) in [6.45, 7) is 11.8. The van der Waals surface area contributed by atoms with Crippen LogP contribution in [0.5, 0.6) is 0 Å². The fourth-order valence-corrected chi connectivity index (χ4v) is 2.41. The molecule has 1 aromatic rings. The molecule has 1 saturated carbocycles. The van der Waals surface area contributed by atoms with Crippen LogP contribution in [0.2, 0.25) is 0 Å². The predicted molar refractivity (Wildman–Crippen MR) is 89.1 cm³/mol. The average molecular weight is 291 g/mol. The summed E-state index contributed by atoms with van der Waals surface area (Å²) in [6, 6.07) is 2.02.